The van der Waals surface area contributed by atoms with Crippen LogP contribution >= 0.6 is 11.6 Å². The van der Waals surface area contributed by atoms with Gasteiger partial charge in [-0.25, -0.2) is 0 Å². The van der Waals surface area contributed by atoms with E-state index in [1.165, 1.54) is 18.5 Å². The number of anilines is 1. The molecule has 0 spiro atoms. The fourth-order valence-electron chi connectivity index (χ4n) is 1.94. The van der Waals surface area contributed by atoms with Gasteiger partial charge in [-0.2, -0.15) is 0 Å². The SMILES string of the molecule is C=C(Cl)c1ccccc1N1CCCC1. The molecule has 1 fully saturated rings. The van der Waals surface area contributed by atoms with Gasteiger partial charge in [-0.15, -0.1) is 0 Å². The number of nitrogens with zero attached hydrogens (tertiary/aromatic N) is 1. The molecule has 1 aliphatic rings. The Morgan fingerprint density at radius 1 is 1.21 bits per heavy atom. The van der Waals surface area contributed by atoms with E-state index >= 15 is 0 Å². The van der Waals surface area contributed by atoms with Gasteiger partial charge in [0.25, 0.3) is 0 Å². The molecule has 0 unspecified atom stereocenters. The summed E-state index contributed by atoms with van der Waals surface area (Å²) < 4.78 is 0. The Balaban J connectivity index is 2.35. The van der Waals surface area contributed by atoms with Crippen LogP contribution in [0.4, 0.5) is 5.69 Å². The zero-order valence-electron chi connectivity index (χ0n) is 8.17. The Kier molecular flexibility index (Phi) is 2.78. The van der Waals surface area contributed by atoms with Crippen molar-refractivity contribution in [3.05, 3.63) is 36.4 Å². The molecule has 1 saturated heterocycles. The Hall–Kier alpha value is -0.950. The summed E-state index contributed by atoms with van der Waals surface area (Å²) >= 11 is 5.97. The van der Waals surface area contributed by atoms with E-state index in [9.17, 15) is 0 Å². The summed E-state index contributed by atoms with van der Waals surface area (Å²) in [6.45, 7) is 6.08. The highest BCUT2D eigenvalue weighted by molar-refractivity contribution is 6.48. The molecule has 0 saturated carbocycles. The van der Waals surface area contributed by atoms with E-state index in [4.69, 9.17) is 11.6 Å². The highest BCUT2D eigenvalue weighted by Gasteiger charge is 2.15. The zero-order valence-corrected chi connectivity index (χ0v) is 8.93. The summed E-state index contributed by atoms with van der Waals surface area (Å²) in [6.07, 6.45) is 2.56. The zero-order chi connectivity index (χ0) is 9.97. The lowest BCUT2D eigenvalue weighted by atomic mass is 10.1. The predicted octanol–water partition coefficient (Wildman–Crippen LogP) is 3.50. The molecule has 1 heterocycles. The number of para-hydroxylation sites is 1. The molecule has 0 aromatic heterocycles. The summed E-state index contributed by atoms with van der Waals surface area (Å²) in [5.41, 5.74) is 2.29. The van der Waals surface area contributed by atoms with Crippen LogP contribution in [0.2, 0.25) is 0 Å². The molecule has 74 valence electrons. The van der Waals surface area contributed by atoms with Crippen LogP contribution in [0.25, 0.3) is 5.03 Å². The van der Waals surface area contributed by atoms with Crippen molar-refractivity contribution in [1.29, 1.82) is 0 Å². The van der Waals surface area contributed by atoms with Crippen molar-refractivity contribution in [1.82, 2.24) is 0 Å². The maximum atomic E-state index is 5.97. The van der Waals surface area contributed by atoms with Crippen LogP contribution in [0.5, 0.6) is 0 Å². The van der Waals surface area contributed by atoms with E-state index in [-0.39, 0.29) is 0 Å². The van der Waals surface area contributed by atoms with Gasteiger partial charge < -0.3 is 4.90 Å². The molecule has 2 heteroatoms. The van der Waals surface area contributed by atoms with Crippen molar-refractivity contribution < 1.29 is 0 Å². The molecule has 1 aromatic rings. The molecule has 0 N–H and O–H groups in total. The van der Waals surface area contributed by atoms with Crippen molar-refractivity contribution in [2.24, 2.45) is 0 Å². The molecule has 1 aliphatic heterocycles. The fraction of sp³-hybridized carbons (Fsp3) is 0.333. The smallest absolute Gasteiger partial charge is 0.0454 e. The third-order valence-corrected chi connectivity index (χ3v) is 2.85. The molecule has 1 nitrogen and oxygen atoms in total. The lowest BCUT2D eigenvalue weighted by Crippen LogP contribution is -2.18. The first-order valence-corrected chi connectivity index (χ1v) is 5.35. The molecular weight excluding hydrogens is 194 g/mol. The van der Waals surface area contributed by atoms with Crippen molar-refractivity contribution >= 4 is 22.3 Å². The minimum atomic E-state index is 0.632. The summed E-state index contributed by atoms with van der Waals surface area (Å²) in [5.74, 6) is 0. The summed E-state index contributed by atoms with van der Waals surface area (Å²) in [5, 5.41) is 0.632. The van der Waals surface area contributed by atoms with Crippen molar-refractivity contribution in [2.75, 3.05) is 18.0 Å². The Morgan fingerprint density at radius 3 is 2.50 bits per heavy atom. The molecule has 0 bridgehead atoms. The molecule has 0 aliphatic carbocycles. The van der Waals surface area contributed by atoms with Gasteiger partial charge in [0.2, 0.25) is 0 Å². The van der Waals surface area contributed by atoms with Gasteiger partial charge in [0.15, 0.2) is 0 Å². The minimum absolute atomic E-state index is 0.632. The van der Waals surface area contributed by atoms with E-state index in [2.05, 4.69) is 23.6 Å². The van der Waals surface area contributed by atoms with Gasteiger partial charge in [0, 0.05) is 29.4 Å². The van der Waals surface area contributed by atoms with E-state index in [0.29, 0.717) is 5.03 Å². The van der Waals surface area contributed by atoms with Gasteiger partial charge in [-0.1, -0.05) is 36.4 Å². The average molecular weight is 208 g/mol. The second-order valence-corrected chi connectivity index (χ2v) is 4.07. The average Bonchev–Trinajstić information content (AvgIpc) is 2.70. The molecule has 0 radical (unpaired) electrons. The summed E-state index contributed by atoms with van der Waals surface area (Å²) in [4.78, 5) is 2.38. The number of benzene rings is 1. The number of hydrogen-bond donors (Lipinski definition) is 0. The molecular formula is C12H14ClN. The normalized spacial score (nSPS) is 15.9. The van der Waals surface area contributed by atoms with E-state index < -0.39 is 0 Å². The monoisotopic (exact) mass is 207 g/mol. The second-order valence-electron chi connectivity index (χ2n) is 3.62. The highest BCUT2D eigenvalue weighted by atomic mass is 35.5. The van der Waals surface area contributed by atoms with Crippen molar-refractivity contribution in [3.8, 4) is 0 Å². The number of hydrogen-bond acceptors (Lipinski definition) is 1. The summed E-state index contributed by atoms with van der Waals surface area (Å²) in [6, 6.07) is 8.21. The first kappa shape index (κ1) is 9.60. The van der Waals surface area contributed by atoms with Gasteiger partial charge in [0.05, 0.1) is 0 Å². The third kappa shape index (κ3) is 1.78. The molecule has 0 amide bonds. The second kappa shape index (κ2) is 4.05. The largest absolute Gasteiger partial charge is 0.371 e. The Morgan fingerprint density at radius 2 is 1.86 bits per heavy atom. The number of rotatable bonds is 2. The van der Waals surface area contributed by atoms with Crippen LogP contribution < -0.4 is 4.90 Å². The first-order valence-electron chi connectivity index (χ1n) is 4.98. The maximum absolute atomic E-state index is 5.97. The van der Waals surface area contributed by atoms with Crippen LogP contribution in [0.3, 0.4) is 0 Å². The van der Waals surface area contributed by atoms with Gasteiger partial charge in [-0.05, 0) is 18.9 Å². The highest BCUT2D eigenvalue weighted by Crippen LogP contribution is 2.30. The molecule has 2 rings (SSSR count). The minimum Gasteiger partial charge on any atom is -0.371 e. The lowest BCUT2D eigenvalue weighted by molar-refractivity contribution is 0.949. The van der Waals surface area contributed by atoms with Gasteiger partial charge >= 0.3 is 0 Å². The quantitative estimate of drug-likeness (QED) is 0.718. The van der Waals surface area contributed by atoms with Crippen LogP contribution in [0, 0.1) is 0 Å². The molecule has 1 aromatic carbocycles. The van der Waals surface area contributed by atoms with Crippen LogP contribution in [-0.4, -0.2) is 13.1 Å². The van der Waals surface area contributed by atoms with Crippen LogP contribution in [0.1, 0.15) is 18.4 Å². The third-order valence-electron chi connectivity index (χ3n) is 2.64. The van der Waals surface area contributed by atoms with Gasteiger partial charge in [0.1, 0.15) is 0 Å². The van der Waals surface area contributed by atoms with Gasteiger partial charge in [-0.3, -0.25) is 0 Å². The topological polar surface area (TPSA) is 3.24 Å². The summed E-state index contributed by atoms with van der Waals surface area (Å²) in [7, 11) is 0. The van der Waals surface area contributed by atoms with Crippen molar-refractivity contribution in [2.45, 2.75) is 12.8 Å². The lowest BCUT2D eigenvalue weighted by Gasteiger charge is -2.20. The number of halogens is 1. The Bertz CT molecular complexity index is 340. The predicted molar refractivity (Wildman–Crippen MR) is 62.8 cm³/mol. The maximum Gasteiger partial charge on any atom is 0.0454 e. The standard InChI is InChI=1S/C12H14ClN/c1-10(13)11-6-2-3-7-12(11)14-8-4-5-9-14/h2-3,6-7H,1,4-5,8-9H2. The van der Waals surface area contributed by atoms with E-state index in [1.54, 1.807) is 0 Å². The molecule has 14 heavy (non-hydrogen) atoms. The van der Waals surface area contributed by atoms with Crippen molar-refractivity contribution in [3.63, 3.8) is 0 Å². The molecule has 0 atom stereocenters. The van der Waals surface area contributed by atoms with Crippen LogP contribution in [0.15, 0.2) is 30.8 Å². The first-order chi connectivity index (χ1) is 6.79. The fourth-order valence-corrected chi connectivity index (χ4v) is 2.10. The van der Waals surface area contributed by atoms with Crippen LogP contribution in [-0.2, 0) is 0 Å². The van der Waals surface area contributed by atoms with E-state index in [0.717, 1.165) is 18.7 Å². The van der Waals surface area contributed by atoms with E-state index in [1.807, 2.05) is 12.1 Å². The Labute approximate surface area is 90.0 Å².